The summed E-state index contributed by atoms with van der Waals surface area (Å²) in [7, 11) is 0. The number of piperidine rings is 1. The van der Waals surface area contributed by atoms with Crippen molar-refractivity contribution in [1.82, 2.24) is 30.7 Å². The lowest BCUT2D eigenvalue weighted by atomic mass is 10.0. The molecule has 3 N–H and O–H groups in total. The van der Waals surface area contributed by atoms with E-state index in [9.17, 15) is 4.39 Å². The zero-order valence-corrected chi connectivity index (χ0v) is 17.6. The smallest absolute Gasteiger partial charge is 0.216 e. The number of rotatable bonds is 7. The van der Waals surface area contributed by atoms with Crippen LogP contribution in [0.2, 0.25) is 0 Å². The van der Waals surface area contributed by atoms with E-state index >= 15 is 0 Å². The number of aliphatic imine (C=N–C) groups is 1. The summed E-state index contributed by atoms with van der Waals surface area (Å²) < 4.78 is 18.4. The molecule has 1 fully saturated rings. The van der Waals surface area contributed by atoms with Crippen LogP contribution in [-0.4, -0.2) is 51.7 Å². The van der Waals surface area contributed by atoms with Crippen molar-refractivity contribution in [3.05, 3.63) is 59.9 Å². The molecule has 31 heavy (non-hydrogen) atoms. The number of H-pyrrole nitrogens is 1. The molecular formula is C22H28FN7O. The Hall–Kier alpha value is -3.20. The van der Waals surface area contributed by atoms with Crippen LogP contribution in [0.25, 0.3) is 11.6 Å². The number of aromatic nitrogens is 3. The van der Waals surface area contributed by atoms with Crippen LogP contribution < -0.4 is 10.6 Å². The van der Waals surface area contributed by atoms with Crippen LogP contribution in [0.3, 0.4) is 0 Å². The average Bonchev–Trinajstić information content (AvgIpc) is 3.47. The van der Waals surface area contributed by atoms with Gasteiger partial charge in [-0.2, -0.15) is 0 Å². The lowest BCUT2D eigenvalue weighted by Crippen LogP contribution is -2.48. The Kier molecular flexibility index (Phi) is 6.93. The first-order valence-corrected chi connectivity index (χ1v) is 10.7. The second kappa shape index (κ2) is 10.2. The standard InChI is InChI=1S/C22H28FN7O/c1-2-24-22(25-14-20-27-21(29-28-20)19-4-3-13-31-19)26-18-9-11-30(12-10-18)15-16-5-7-17(23)8-6-16/h3-8,13,18H,2,9-12,14-15H2,1H3,(H2,24,25,26)(H,27,28,29). The van der Waals surface area contributed by atoms with Crippen LogP contribution in [0, 0.1) is 5.82 Å². The van der Waals surface area contributed by atoms with Gasteiger partial charge in [0.15, 0.2) is 11.7 Å². The number of furan rings is 1. The second-order valence-electron chi connectivity index (χ2n) is 7.60. The molecule has 0 aliphatic carbocycles. The third kappa shape index (κ3) is 5.91. The van der Waals surface area contributed by atoms with Crippen molar-refractivity contribution in [1.29, 1.82) is 0 Å². The summed E-state index contributed by atoms with van der Waals surface area (Å²) >= 11 is 0. The Bertz CT molecular complexity index is 960. The first-order valence-electron chi connectivity index (χ1n) is 10.7. The zero-order chi connectivity index (χ0) is 21.5. The van der Waals surface area contributed by atoms with E-state index in [4.69, 9.17) is 4.42 Å². The predicted molar refractivity (Wildman–Crippen MR) is 117 cm³/mol. The average molecular weight is 426 g/mol. The zero-order valence-electron chi connectivity index (χ0n) is 17.6. The van der Waals surface area contributed by atoms with E-state index < -0.39 is 0 Å². The highest BCUT2D eigenvalue weighted by atomic mass is 19.1. The molecule has 164 valence electrons. The third-order valence-electron chi connectivity index (χ3n) is 5.25. The number of halogens is 1. The van der Waals surface area contributed by atoms with Gasteiger partial charge in [0, 0.05) is 32.2 Å². The molecule has 0 atom stereocenters. The molecule has 3 aromatic rings. The summed E-state index contributed by atoms with van der Waals surface area (Å²) in [5, 5.41) is 13.9. The van der Waals surface area contributed by atoms with E-state index in [-0.39, 0.29) is 5.82 Å². The molecule has 0 saturated carbocycles. The summed E-state index contributed by atoms with van der Waals surface area (Å²) in [6.07, 6.45) is 3.65. The molecule has 4 rings (SSSR count). The van der Waals surface area contributed by atoms with Gasteiger partial charge in [0.25, 0.3) is 0 Å². The fourth-order valence-electron chi connectivity index (χ4n) is 3.63. The molecule has 3 heterocycles. The lowest BCUT2D eigenvalue weighted by molar-refractivity contribution is 0.198. The first kappa shape index (κ1) is 21.0. The van der Waals surface area contributed by atoms with Crippen molar-refractivity contribution < 1.29 is 8.81 Å². The van der Waals surface area contributed by atoms with E-state index in [2.05, 4.69) is 35.7 Å². The molecule has 0 unspecified atom stereocenters. The molecule has 1 aliphatic rings. The van der Waals surface area contributed by atoms with Gasteiger partial charge in [-0.3, -0.25) is 10.00 Å². The fourth-order valence-corrected chi connectivity index (χ4v) is 3.63. The highest BCUT2D eigenvalue weighted by Gasteiger charge is 2.20. The van der Waals surface area contributed by atoms with E-state index in [1.165, 1.54) is 12.1 Å². The van der Waals surface area contributed by atoms with Crippen molar-refractivity contribution in [2.45, 2.75) is 38.9 Å². The van der Waals surface area contributed by atoms with E-state index in [0.29, 0.717) is 30.0 Å². The summed E-state index contributed by atoms with van der Waals surface area (Å²) in [6.45, 7) is 6.05. The molecule has 0 radical (unpaired) electrons. The number of aromatic amines is 1. The quantitative estimate of drug-likeness (QED) is 0.398. The Morgan fingerprint density at radius 3 is 2.77 bits per heavy atom. The van der Waals surface area contributed by atoms with Crippen molar-refractivity contribution >= 4 is 5.96 Å². The van der Waals surface area contributed by atoms with Crippen LogP contribution >= 0.6 is 0 Å². The van der Waals surface area contributed by atoms with Gasteiger partial charge < -0.3 is 15.1 Å². The SMILES string of the molecule is CCNC(=NCc1nc(-c2ccco2)n[nH]1)NC1CCN(Cc2ccc(F)cc2)CC1. The largest absolute Gasteiger partial charge is 0.461 e. The number of benzene rings is 1. The molecule has 1 saturated heterocycles. The molecule has 9 heteroatoms. The van der Waals surface area contributed by atoms with E-state index in [1.54, 1.807) is 6.26 Å². The van der Waals surface area contributed by atoms with Gasteiger partial charge >= 0.3 is 0 Å². The summed E-state index contributed by atoms with van der Waals surface area (Å²) in [4.78, 5) is 11.5. The van der Waals surface area contributed by atoms with Crippen molar-refractivity contribution in [2.75, 3.05) is 19.6 Å². The van der Waals surface area contributed by atoms with Crippen molar-refractivity contribution in [2.24, 2.45) is 4.99 Å². The van der Waals surface area contributed by atoms with Crippen LogP contribution in [0.15, 0.2) is 52.1 Å². The van der Waals surface area contributed by atoms with Crippen LogP contribution in [0.4, 0.5) is 4.39 Å². The Balaban J connectivity index is 1.28. The molecule has 0 bridgehead atoms. The number of nitrogens with one attached hydrogen (secondary N) is 3. The minimum Gasteiger partial charge on any atom is -0.461 e. The molecule has 0 amide bonds. The normalized spacial score (nSPS) is 15.9. The lowest BCUT2D eigenvalue weighted by Gasteiger charge is -2.33. The molecule has 2 aromatic heterocycles. The predicted octanol–water partition coefficient (Wildman–Crippen LogP) is 2.92. The Morgan fingerprint density at radius 1 is 1.26 bits per heavy atom. The van der Waals surface area contributed by atoms with Crippen LogP contribution in [0.5, 0.6) is 0 Å². The number of guanidine groups is 1. The van der Waals surface area contributed by atoms with Gasteiger partial charge in [-0.15, -0.1) is 5.10 Å². The summed E-state index contributed by atoms with van der Waals surface area (Å²) in [5.41, 5.74) is 1.14. The maximum atomic E-state index is 13.1. The topological polar surface area (TPSA) is 94.4 Å². The van der Waals surface area contributed by atoms with Gasteiger partial charge in [-0.05, 0) is 49.6 Å². The number of hydrogen-bond donors (Lipinski definition) is 3. The van der Waals surface area contributed by atoms with Gasteiger partial charge in [0.2, 0.25) is 5.82 Å². The summed E-state index contributed by atoms with van der Waals surface area (Å²) in [6, 6.07) is 10.7. The van der Waals surface area contributed by atoms with Gasteiger partial charge in [0.05, 0.1) is 6.26 Å². The van der Waals surface area contributed by atoms with Gasteiger partial charge in [-0.25, -0.2) is 14.4 Å². The maximum Gasteiger partial charge on any atom is 0.216 e. The van der Waals surface area contributed by atoms with Crippen molar-refractivity contribution in [3.63, 3.8) is 0 Å². The van der Waals surface area contributed by atoms with E-state index in [1.807, 2.05) is 31.2 Å². The van der Waals surface area contributed by atoms with Gasteiger partial charge in [-0.1, -0.05) is 12.1 Å². The monoisotopic (exact) mass is 425 g/mol. The van der Waals surface area contributed by atoms with Gasteiger partial charge in [0.1, 0.15) is 18.2 Å². The molecule has 0 spiro atoms. The van der Waals surface area contributed by atoms with E-state index in [0.717, 1.165) is 50.5 Å². The molecular weight excluding hydrogens is 397 g/mol. The molecule has 8 nitrogen and oxygen atoms in total. The molecule has 1 aromatic carbocycles. The highest BCUT2D eigenvalue weighted by molar-refractivity contribution is 5.80. The number of hydrogen-bond acceptors (Lipinski definition) is 5. The minimum atomic E-state index is -0.190. The fraction of sp³-hybridized carbons (Fsp3) is 0.409. The second-order valence-corrected chi connectivity index (χ2v) is 7.60. The number of likely N-dealkylation sites (tertiary alicyclic amines) is 1. The Labute approximate surface area is 181 Å². The number of nitrogens with zero attached hydrogens (tertiary/aromatic N) is 4. The first-order chi connectivity index (χ1) is 15.2. The summed E-state index contributed by atoms with van der Waals surface area (Å²) in [5.74, 6) is 2.42. The van der Waals surface area contributed by atoms with Crippen LogP contribution in [0.1, 0.15) is 31.2 Å². The third-order valence-corrected chi connectivity index (χ3v) is 5.25. The van der Waals surface area contributed by atoms with Crippen LogP contribution in [-0.2, 0) is 13.1 Å². The molecule has 1 aliphatic heterocycles. The maximum absolute atomic E-state index is 13.1. The Morgan fingerprint density at radius 2 is 2.06 bits per heavy atom. The highest BCUT2D eigenvalue weighted by Crippen LogP contribution is 2.16. The van der Waals surface area contributed by atoms with Crippen molar-refractivity contribution in [3.8, 4) is 11.6 Å². The minimum absolute atomic E-state index is 0.190.